The van der Waals surface area contributed by atoms with E-state index in [0.29, 0.717) is 16.8 Å². The molecule has 0 spiro atoms. The Kier molecular flexibility index (Phi) is 4.93. The molecule has 3 rings (SSSR count). The minimum Gasteiger partial charge on any atom is -0.450 e. The van der Waals surface area contributed by atoms with Crippen LogP contribution in [0.2, 0.25) is 4.47 Å². The van der Waals surface area contributed by atoms with Gasteiger partial charge in [-0.1, -0.05) is 23.7 Å². The molecule has 1 N–H and O–H groups in total. The first-order valence-corrected chi connectivity index (χ1v) is 8.17. The first kappa shape index (κ1) is 16.2. The van der Waals surface area contributed by atoms with Crippen molar-refractivity contribution in [1.82, 2.24) is 4.98 Å². The Balaban J connectivity index is 1.65. The van der Waals surface area contributed by atoms with Crippen LogP contribution in [0.5, 0.6) is 11.5 Å². The summed E-state index contributed by atoms with van der Waals surface area (Å²) in [6, 6.07) is 13.4. The molecule has 1 heterocycles. The first-order valence-electron chi connectivity index (χ1n) is 6.97. The van der Waals surface area contributed by atoms with Gasteiger partial charge in [0.05, 0.1) is 11.5 Å². The van der Waals surface area contributed by atoms with Gasteiger partial charge in [0.15, 0.2) is 4.47 Å². The van der Waals surface area contributed by atoms with Crippen molar-refractivity contribution in [2.24, 2.45) is 0 Å². The zero-order chi connectivity index (χ0) is 16.9. The van der Waals surface area contributed by atoms with E-state index in [1.54, 1.807) is 36.5 Å². The van der Waals surface area contributed by atoms with Crippen LogP contribution in [0.15, 0.2) is 54.7 Å². The van der Waals surface area contributed by atoms with Crippen LogP contribution in [0.1, 0.15) is 4.88 Å². The molecule has 0 fully saturated rings. The van der Waals surface area contributed by atoms with Gasteiger partial charge in [0.2, 0.25) is 5.75 Å². The normalized spacial score (nSPS) is 10.4. The Labute approximate surface area is 146 Å². The molecule has 3 aromatic rings. The lowest BCUT2D eigenvalue weighted by Gasteiger charge is -2.08. The van der Waals surface area contributed by atoms with Crippen LogP contribution < -0.4 is 10.1 Å². The van der Waals surface area contributed by atoms with Crippen LogP contribution in [-0.2, 0) is 6.54 Å². The van der Waals surface area contributed by atoms with E-state index in [2.05, 4.69) is 10.3 Å². The number of ether oxygens (including phenoxy) is 1. The Hall–Kier alpha value is -2.64. The number of anilines is 1. The van der Waals surface area contributed by atoms with Crippen molar-refractivity contribution < 1.29 is 9.66 Å². The van der Waals surface area contributed by atoms with E-state index in [-0.39, 0.29) is 11.4 Å². The predicted molar refractivity (Wildman–Crippen MR) is 94.1 cm³/mol. The molecular formula is C16H12ClN3O3S. The van der Waals surface area contributed by atoms with E-state index >= 15 is 0 Å². The van der Waals surface area contributed by atoms with Crippen LogP contribution >= 0.6 is 22.9 Å². The van der Waals surface area contributed by atoms with Crippen LogP contribution in [-0.4, -0.2) is 9.91 Å². The zero-order valence-corrected chi connectivity index (χ0v) is 13.9. The summed E-state index contributed by atoms with van der Waals surface area (Å²) in [7, 11) is 0. The van der Waals surface area contributed by atoms with Crippen LogP contribution in [0.4, 0.5) is 11.4 Å². The van der Waals surface area contributed by atoms with Gasteiger partial charge in [0.25, 0.3) is 0 Å². The lowest BCUT2D eigenvalue weighted by atomic mass is 10.2. The van der Waals surface area contributed by atoms with Crippen molar-refractivity contribution in [2.75, 3.05) is 5.32 Å². The Morgan fingerprint density at radius 3 is 2.62 bits per heavy atom. The Morgan fingerprint density at radius 1 is 1.21 bits per heavy atom. The monoisotopic (exact) mass is 361 g/mol. The van der Waals surface area contributed by atoms with Crippen molar-refractivity contribution in [1.29, 1.82) is 0 Å². The van der Waals surface area contributed by atoms with Crippen molar-refractivity contribution in [2.45, 2.75) is 6.54 Å². The first-order chi connectivity index (χ1) is 11.6. The highest BCUT2D eigenvalue weighted by Gasteiger charge is 2.14. The fourth-order valence-corrected chi connectivity index (χ4v) is 2.93. The number of rotatable bonds is 6. The Morgan fingerprint density at radius 2 is 1.96 bits per heavy atom. The molecule has 0 unspecified atom stereocenters. The maximum absolute atomic E-state index is 11.0. The number of nitrogens with one attached hydrogen (secondary N) is 1. The summed E-state index contributed by atoms with van der Waals surface area (Å²) in [5, 5.41) is 14.2. The number of para-hydroxylation sites is 2. The molecule has 0 saturated carbocycles. The molecule has 122 valence electrons. The van der Waals surface area contributed by atoms with Gasteiger partial charge in [-0.25, -0.2) is 4.98 Å². The van der Waals surface area contributed by atoms with Gasteiger partial charge in [-0.3, -0.25) is 10.1 Å². The van der Waals surface area contributed by atoms with Gasteiger partial charge >= 0.3 is 5.69 Å². The number of nitro groups is 1. The number of aromatic nitrogens is 1. The van der Waals surface area contributed by atoms with Gasteiger partial charge in [-0.05, 0) is 30.3 Å². The summed E-state index contributed by atoms with van der Waals surface area (Å²) in [5.41, 5.74) is 0.830. The summed E-state index contributed by atoms with van der Waals surface area (Å²) in [4.78, 5) is 15.5. The lowest BCUT2D eigenvalue weighted by Crippen LogP contribution is -1.97. The van der Waals surface area contributed by atoms with Crippen LogP contribution in [0, 0.1) is 10.1 Å². The molecule has 0 aliphatic carbocycles. The van der Waals surface area contributed by atoms with E-state index in [9.17, 15) is 10.1 Å². The quantitative estimate of drug-likeness (QED) is 0.487. The average molecular weight is 362 g/mol. The standard InChI is InChI=1S/C16H12ClN3O3S/c17-16-19-10-13(24-16)9-18-11-5-7-12(8-6-11)23-15-4-2-1-3-14(15)20(21)22/h1-8,10,18H,9H2. The molecule has 0 bridgehead atoms. The van der Waals surface area contributed by atoms with Crippen molar-refractivity contribution in [3.8, 4) is 11.5 Å². The van der Waals surface area contributed by atoms with Crippen molar-refractivity contribution in [3.05, 3.63) is 74.2 Å². The molecule has 0 amide bonds. The topological polar surface area (TPSA) is 77.3 Å². The van der Waals surface area contributed by atoms with Gasteiger partial charge in [-0.2, -0.15) is 0 Å². The highest BCUT2D eigenvalue weighted by molar-refractivity contribution is 7.15. The molecular weight excluding hydrogens is 350 g/mol. The second-order valence-electron chi connectivity index (χ2n) is 4.78. The maximum Gasteiger partial charge on any atom is 0.311 e. The number of halogens is 1. The largest absolute Gasteiger partial charge is 0.450 e. The third-order valence-electron chi connectivity index (χ3n) is 3.14. The van der Waals surface area contributed by atoms with Gasteiger partial charge < -0.3 is 10.1 Å². The zero-order valence-electron chi connectivity index (χ0n) is 12.3. The van der Waals surface area contributed by atoms with Gasteiger partial charge in [0.1, 0.15) is 5.75 Å². The third kappa shape index (κ3) is 4.01. The number of nitro benzene ring substituents is 1. The second-order valence-corrected chi connectivity index (χ2v) is 6.48. The molecule has 0 aliphatic rings. The summed E-state index contributed by atoms with van der Waals surface area (Å²) in [6.07, 6.45) is 1.73. The molecule has 8 heteroatoms. The van der Waals surface area contributed by atoms with Crippen molar-refractivity contribution >= 4 is 34.3 Å². The number of thiazole rings is 1. The van der Waals surface area contributed by atoms with Gasteiger partial charge in [-0.15, -0.1) is 11.3 Å². The summed E-state index contributed by atoms with van der Waals surface area (Å²) < 4.78 is 6.11. The number of hydrogen-bond acceptors (Lipinski definition) is 6. The van der Waals surface area contributed by atoms with E-state index in [0.717, 1.165) is 10.6 Å². The van der Waals surface area contributed by atoms with Gasteiger partial charge in [0, 0.05) is 22.8 Å². The highest BCUT2D eigenvalue weighted by Crippen LogP contribution is 2.31. The summed E-state index contributed by atoms with van der Waals surface area (Å²) in [6.45, 7) is 0.620. The lowest BCUT2D eigenvalue weighted by molar-refractivity contribution is -0.385. The molecule has 0 radical (unpaired) electrons. The highest BCUT2D eigenvalue weighted by atomic mass is 35.5. The van der Waals surface area contributed by atoms with E-state index in [4.69, 9.17) is 16.3 Å². The Bertz CT molecular complexity index is 852. The van der Waals surface area contributed by atoms with Crippen LogP contribution in [0.25, 0.3) is 0 Å². The molecule has 1 aromatic heterocycles. The van der Waals surface area contributed by atoms with Crippen molar-refractivity contribution in [3.63, 3.8) is 0 Å². The molecule has 0 atom stereocenters. The predicted octanol–water partition coefficient (Wildman–Crippen LogP) is 5.11. The minimum atomic E-state index is -0.467. The number of hydrogen-bond donors (Lipinski definition) is 1. The summed E-state index contributed by atoms with van der Waals surface area (Å²) >= 11 is 7.21. The van der Waals surface area contributed by atoms with E-state index in [1.165, 1.54) is 17.4 Å². The average Bonchev–Trinajstić information content (AvgIpc) is 3.00. The molecule has 2 aromatic carbocycles. The fourth-order valence-electron chi connectivity index (χ4n) is 2.02. The molecule has 0 aliphatic heterocycles. The maximum atomic E-state index is 11.0. The third-order valence-corrected chi connectivity index (χ3v) is 4.25. The molecule has 6 nitrogen and oxygen atoms in total. The van der Waals surface area contributed by atoms with E-state index in [1.807, 2.05) is 12.1 Å². The SMILES string of the molecule is O=[N+]([O-])c1ccccc1Oc1ccc(NCc2cnc(Cl)s2)cc1. The second kappa shape index (κ2) is 7.29. The summed E-state index contributed by atoms with van der Waals surface area (Å²) in [5.74, 6) is 0.734. The molecule has 0 saturated heterocycles. The molecule has 24 heavy (non-hydrogen) atoms. The smallest absolute Gasteiger partial charge is 0.311 e. The minimum absolute atomic E-state index is 0.0678. The number of nitrogens with zero attached hydrogens (tertiary/aromatic N) is 2. The van der Waals surface area contributed by atoms with Crippen LogP contribution in [0.3, 0.4) is 0 Å². The van der Waals surface area contributed by atoms with E-state index < -0.39 is 4.92 Å². The fraction of sp³-hybridized carbons (Fsp3) is 0.0625. The number of benzene rings is 2.